The van der Waals surface area contributed by atoms with E-state index in [0.717, 1.165) is 38.5 Å². The van der Waals surface area contributed by atoms with Gasteiger partial charge in [0.25, 0.3) is 0 Å². The highest BCUT2D eigenvalue weighted by Gasteiger charge is 2.41. The van der Waals surface area contributed by atoms with Gasteiger partial charge in [-0.05, 0) is 32.1 Å². The summed E-state index contributed by atoms with van der Waals surface area (Å²) in [5.41, 5.74) is 0. The van der Waals surface area contributed by atoms with E-state index in [1.54, 1.807) is 18.2 Å². The largest absolute Gasteiger partial charge is 0.472 e. The van der Waals surface area contributed by atoms with Crippen LogP contribution in [-0.4, -0.2) is 113 Å². The molecule has 1 rings (SSSR count). The minimum Gasteiger partial charge on any atom is -0.393 e. The Morgan fingerprint density at radius 2 is 1.34 bits per heavy atom. The molecular weight excluding hydrogens is 759 g/mol. The van der Waals surface area contributed by atoms with Crippen LogP contribution in [0, 0.1) is 11.8 Å². The highest BCUT2D eigenvalue weighted by atomic mass is 31.2. The summed E-state index contributed by atoms with van der Waals surface area (Å²) in [4.78, 5) is 36.2. The molecule has 58 heavy (non-hydrogen) atoms. The summed E-state index contributed by atoms with van der Waals surface area (Å²) in [6.07, 6.45) is 25.7. The molecule has 12 nitrogen and oxygen atoms in total. The second kappa shape index (κ2) is 32.3. The molecule has 0 saturated heterocycles. The van der Waals surface area contributed by atoms with Gasteiger partial charge in [-0.15, -0.1) is 0 Å². The average molecular weight is 846 g/mol. The van der Waals surface area contributed by atoms with E-state index in [1.165, 1.54) is 70.6 Å². The average Bonchev–Trinajstić information content (AvgIpc) is 3.42. The number of Topliss-reactive ketones (excluding diaryl/α,β-unsaturated/α-hetero) is 1. The Morgan fingerprint density at radius 3 is 1.95 bits per heavy atom. The molecule has 0 bridgehead atoms. The number of carbonyl (C=O) groups is 2. The number of nitrogens with one attached hydrogen (secondary N) is 1. The number of amides is 1. The molecule has 1 fully saturated rings. The van der Waals surface area contributed by atoms with E-state index in [-0.39, 0.29) is 44.0 Å². The fraction of sp³-hybridized carbons (Fsp3) is 0.867. The van der Waals surface area contributed by atoms with Gasteiger partial charge in [0, 0.05) is 37.5 Å². The first-order valence-corrected chi connectivity index (χ1v) is 24.4. The van der Waals surface area contributed by atoms with Gasteiger partial charge >= 0.3 is 7.82 Å². The predicted molar refractivity (Wildman–Crippen MR) is 233 cm³/mol. The molecule has 1 aliphatic rings. The normalized spacial score (nSPS) is 21.4. The van der Waals surface area contributed by atoms with Crippen LogP contribution in [0.2, 0.25) is 0 Å². The smallest absolute Gasteiger partial charge is 0.393 e. The number of hydrogen-bond acceptors (Lipinski definition) is 9. The van der Waals surface area contributed by atoms with Crippen LogP contribution >= 0.6 is 7.82 Å². The number of quaternary nitrogens is 1. The number of nitrogens with zero attached hydrogens (tertiary/aromatic N) is 1. The number of aliphatic hydroxyl groups excluding tert-OH is 4. The van der Waals surface area contributed by atoms with Gasteiger partial charge in [-0.3, -0.25) is 18.6 Å². The molecule has 0 radical (unpaired) electrons. The number of rotatable bonds is 37. The van der Waals surface area contributed by atoms with Gasteiger partial charge in [-0.1, -0.05) is 134 Å². The number of likely N-dealkylation sites (N-methyl/N-ethyl adjacent to an activating group) is 1. The second-order valence-corrected chi connectivity index (χ2v) is 19.2. The summed E-state index contributed by atoms with van der Waals surface area (Å²) >= 11 is 0. The van der Waals surface area contributed by atoms with E-state index in [0.29, 0.717) is 30.3 Å². The third-order valence-electron chi connectivity index (χ3n) is 11.1. The van der Waals surface area contributed by atoms with Crippen LogP contribution in [0.25, 0.3) is 0 Å². The Morgan fingerprint density at radius 1 is 0.776 bits per heavy atom. The van der Waals surface area contributed by atoms with Gasteiger partial charge in [0.05, 0.1) is 58.2 Å². The molecule has 340 valence electrons. The van der Waals surface area contributed by atoms with Crippen LogP contribution in [0.5, 0.6) is 0 Å². The number of allylic oxidation sites excluding steroid dienone is 1. The van der Waals surface area contributed by atoms with Crippen molar-refractivity contribution in [2.24, 2.45) is 11.8 Å². The van der Waals surface area contributed by atoms with Crippen molar-refractivity contribution >= 4 is 19.5 Å². The van der Waals surface area contributed by atoms with Crippen molar-refractivity contribution in [3.8, 4) is 0 Å². The third-order valence-corrected chi connectivity index (χ3v) is 12.1. The van der Waals surface area contributed by atoms with E-state index >= 15 is 0 Å². The zero-order chi connectivity index (χ0) is 43.2. The van der Waals surface area contributed by atoms with Gasteiger partial charge in [-0.2, -0.15) is 0 Å². The summed E-state index contributed by atoms with van der Waals surface area (Å²) in [5.74, 6) is -1.32. The van der Waals surface area contributed by atoms with E-state index < -0.39 is 56.7 Å². The minimum atomic E-state index is -4.44. The van der Waals surface area contributed by atoms with Crippen LogP contribution < -0.4 is 5.32 Å². The Kier molecular flexibility index (Phi) is 30.4. The number of phosphoric ester groups is 1. The van der Waals surface area contributed by atoms with Gasteiger partial charge in [0.2, 0.25) is 5.91 Å². The van der Waals surface area contributed by atoms with Crippen LogP contribution in [0.4, 0.5) is 0 Å². The molecule has 13 heteroatoms. The van der Waals surface area contributed by atoms with E-state index in [4.69, 9.17) is 9.05 Å². The maximum atomic E-state index is 13.0. The van der Waals surface area contributed by atoms with Crippen LogP contribution in [0.3, 0.4) is 0 Å². The molecule has 1 unspecified atom stereocenters. The highest BCUT2D eigenvalue weighted by molar-refractivity contribution is 7.47. The fourth-order valence-corrected chi connectivity index (χ4v) is 8.13. The zero-order valence-corrected chi connectivity index (χ0v) is 38.0. The molecule has 0 spiro atoms. The van der Waals surface area contributed by atoms with Crippen LogP contribution in [0.15, 0.2) is 24.3 Å². The number of unbranched alkanes of at least 4 members (excludes halogenated alkanes) is 16. The van der Waals surface area contributed by atoms with Gasteiger partial charge in [-0.25, -0.2) is 4.57 Å². The first kappa shape index (κ1) is 54.5. The summed E-state index contributed by atoms with van der Waals surface area (Å²) in [5, 5.41) is 45.2. The molecule has 0 aromatic rings. The first-order valence-electron chi connectivity index (χ1n) is 22.9. The van der Waals surface area contributed by atoms with Crippen LogP contribution in [-0.2, 0) is 23.2 Å². The maximum absolute atomic E-state index is 13.0. The molecule has 1 saturated carbocycles. The lowest BCUT2D eigenvalue weighted by molar-refractivity contribution is -0.870. The van der Waals surface area contributed by atoms with Crippen molar-refractivity contribution in [2.75, 3.05) is 40.9 Å². The number of ketones is 1. The molecule has 1 aliphatic carbocycles. The molecule has 0 aromatic carbocycles. The summed E-state index contributed by atoms with van der Waals surface area (Å²) in [6, 6.07) is -0.995. The Hall–Kier alpha value is -1.47. The lowest BCUT2D eigenvalue weighted by Gasteiger charge is -2.25. The summed E-state index contributed by atoms with van der Waals surface area (Å²) in [6.45, 7) is 4.38. The minimum absolute atomic E-state index is 0.00546. The topological polar surface area (TPSA) is 183 Å². The van der Waals surface area contributed by atoms with Crippen LogP contribution in [0.1, 0.15) is 168 Å². The first-order chi connectivity index (χ1) is 27.6. The Bertz CT molecular complexity index is 1180. The summed E-state index contributed by atoms with van der Waals surface area (Å²) in [7, 11) is 1.34. The predicted octanol–water partition coefficient (Wildman–Crippen LogP) is 8.08. The lowest BCUT2D eigenvalue weighted by atomic mass is 9.87. The molecule has 6 N–H and O–H groups in total. The van der Waals surface area contributed by atoms with Gasteiger partial charge < -0.3 is 35.1 Å². The third kappa shape index (κ3) is 28.1. The van der Waals surface area contributed by atoms with Gasteiger partial charge in [0.15, 0.2) is 0 Å². The van der Waals surface area contributed by atoms with Crippen molar-refractivity contribution in [2.45, 2.75) is 198 Å². The fourth-order valence-electron chi connectivity index (χ4n) is 7.39. The lowest BCUT2D eigenvalue weighted by Crippen LogP contribution is -2.45. The quantitative estimate of drug-likeness (QED) is 0.0155. The molecular formula is C45H86N2O10P+. The van der Waals surface area contributed by atoms with Crippen molar-refractivity contribution in [3.05, 3.63) is 24.3 Å². The SMILES string of the molecule is CCCCCCCCCCCCCCC/C=C/[C@@H](O)[C@H](COP(=O)(O)OCC[N+](C)(C)C)NC(=O)CCCCC(=O)C[C@@H]1[C@@H](/C=C/[C@@H](O)CCCCC)[C@H](O)C[C@@H]1O. The van der Waals surface area contributed by atoms with E-state index in [1.807, 2.05) is 27.2 Å². The number of aliphatic hydroxyl groups is 4. The highest BCUT2D eigenvalue weighted by Crippen LogP contribution is 2.43. The number of hydrogen-bond donors (Lipinski definition) is 6. The van der Waals surface area contributed by atoms with Crippen molar-refractivity contribution in [3.63, 3.8) is 0 Å². The molecule has 0 aliphatic heterocycles. The zero-order valence-electron chi connectivity index (χ0n) is 37.1. The van der Waals surface area contributed by atoms with Crippen molar-refractivity contribution in [1.82, 2.24) is 5.32 Å². The van der Waals surface area contributed by atoms with Crippen molar-refractivity contribution in [1.29, 1.82) is 0 Å². The van der Waals surface area contributed by atoms with Crippen molar-refractivity contribution < 1.29 is 53.0 Å². The summed E-state index contributed by atoms with van der Waals surface area (Å²) < 4.78 is 23.5. The number of phosphoric acid groups is 1. The Balaban J connectivity index is 2.58. The molecule has 0 heterocycles. The van der Waals surface area contributed by atoms with E-state index in [9.17, 15) is 39.5 Å². The molecule has 8 atom stereocenters. The molecule has 0 aromatic heterocycles. The monoisotopic (exact) mass is 846 g/mol. The number of carbonyl (C=O) groups excluding carboxylic acids is 2. The van der Waals surface area contributed by atoms with Gasteiger partial charge in [0.1, 0.15) is 18.9 Å². The maximum Gasteiger partial charge on any atom is 0.472 e. The standard InChI is InChI=1S/C45H85N2O10P/c1-6-8-10-11-12-13-14-15-16-17-18-19-20-21-23-28-42(50)41(36-57-58(54,55)56-33-32-47(3,4)5)46-45(53)29-25-24-27-38(49)34-40-39(43(51)35-44(40)52)31-30-37(48)26-22-9-7-2/h23,28,30-31,37,39-44,48,50-52H,6-22,24-27,29,32-36H2,1-5H3,(H-,46,53,54,55)/p+1/b28-23+,31-30+/t37-,39+,40+,41-,42+,43+,44-/m0/s1. The Labute approximate surface area is 352 Å². The second-order valence-electron chi connectivity index (χ2n) is 17.7. The van der Waals surface area contributed by atoms with E-state index in [2.05, 4.69) is 19.2 Å². The molecule has 1 amide bonds.